The van der Waals surface area contributed by atoms with Crippen LogP contribution in [0, 0.1) is 17.8 Å². The van der Waals surface area contributed by atoms with Gasteiger partial charge in [-0.25, -0.2) is 9.97 Å². The molecule has 1 aliphatic carbocycles. The topological polar surface area (TPSA) is 93.4 Å². The highest BCUT2D eigenvalue weighted by molar-refractivity contribution is 5.76. The second-order valence-corrected chi connectivity index (χ2v) is 7.34. The van der Waals surface area contributed by atoms with E-state index in [1.165, 1.54) is 32.1 Å². The molecule has 1 aromatic rings. The fourth-order valence-corrected chi connectivity index (χ4v) is 3.85. The fourth-order valence-electron chi connectivity index (χ4n) is 3.85. The summed E-state index contributed by atoms with van der Waals surface area (Å²) < 4.78 is 5.76. The van der Waals surface area contributed by atoms with Crippen molar-refractivity contribution in [3.63, 3.8) is 0 Å². The van der Waals surface area contributed by atoms with Gasteiger partial charge in [0.25, 0.3) is 0 Å². The Morgan fingerprint density at radius 1 is 1.26 bits per heavy atom. The van der Waals surface area contributed by atoms with Gasteiger partial charge in [0.2, 0.25) is 5.82 Å². The summed E-state index contributed by atoms with van der Waals surface area (Å²) in [7, 11) is 3.67. The number of nitrogens with zero attached hydrogens (tertiary/aromatic N) is 3. The standard InChI is InChI=1S/C20H29N5O2/c1-22-18-19(21)23-16(10-6-9-14-7-4-3-5-8-14)24-20(18)25(2)17-12-11-15(13-26)27-17/h13-15,17,22H,3-5,7-9,11-12H2,1-2H3,(H2,21,23,24). The molecule has 146 valence electrons. The predicted octanol–water partition coefficient (Wildman–Crippen LogP) is 2.56. The summed E-state index contributed by atoms with van der Waals surface area (Å²) in [4.78, 5) is 21.8. The zero-order valence-electron chi connectivity index (χ0n) is 16.2. The van der Waals surface area contributed by atoms with Gasteiger partial charge in [-0.2, -0.15) is 0 Å². The number of aldehydes is 1. The molecule has 1 aromatic heterocycles. The molecule has 0 radical (unpaired) electrons. The highest BCUT2D eigenvalue weighted by Gasteiger charge is 2.30. The van der Waals surface area contributed by atoms with Crippen LogP contribution in [-0.4, -0.2) is 42.7 Å². The Hall–Kier alpha value is -2.33. The maximum atomic E-state index is 11.0. The predicted molar refractivity (Wildman–Crippen MR) is 106 cm³/mol. The summed E-state index contributed by atoms with van der Waals surface area (Å²) in [6.07, 6.45) is 9.13. The Kier molecular flexibility index (Phi) is 6.51. The SMILES string of the molecule is CNc1c(N)nc(C#CCC2CCCCC2)nc1N(C)C1CCC(C=O)O1. The Balaban J connectivity index is 1.77. The molecule has 2 heterocycles. The van der Waals surface area contributed by atoms with Crippen molar-refractivity contribution in [3.8, 4) is 11.8 Å². The van der Waals surface area contributed by atoms with Crippen LogP contribution in [0.25, 0.3) is 0 Å². The van der Waals surface area contributed by atoms with Gasteiger partial charge in [-0.15, -0.1) is 0 Å². The second-order valence-electron chi connectivity index (χ2n) is 7.34. The first-order valence-electron chi connectivity index (χ1n) is 9.80. The van der Waals surface area contributed by atoms with E-state index in [1.807, 2.05) is 11.9 Å². The van der Waals surface area contributed by atoms with Crippen molar-refractivity contribution in [1.29, 1.82) is 0 Å². The molecule has 0 spiro atoms. The van der Waals surface area contributed by atoms with Gasteiger partial charge in [0.15, 0.2) is 11.6 Å². The van der Waals surface area contributed by atoms with Gasteiger partial charge in [0, 0.05) is 20.5 Å². The highest BCUT2D eigenvalue weighted by atomic mass is 16.5. The molecule has 7 nitrogen and oxygen atoms in total. The molecule has 3 N–H and O–H groups in total. The van der Waals surface area contributed by atoms with Gasteiger partial charge in [-0.3, -0.25) is 0 Å². The average molecular weight is 371 g/mol. The van der Waals surface area contributed by atoms with Crippen LogP contribution in [-0.2, 0) is 9.53 Å². The Morgan fingerprint density at radius 3 is 2.70 bits per heavy atom. The van der Waals surface area contributed by atoms with E-state index in [0.717, 1.165) is 19.1 Å². The number of anilines is 3. The van der Waals surface area contributed by atoms with E-state index in [0.29, 0.717) is 35.5 Å². The van der Waals surface area contributed by atoms with Crippen molar-refractivity contribution in [2.24, 2.45) is 5.92 Å². The van der Waals surface area contributed by atoms with Gasteiger partial charge in [-0.1, -0.05) is 25.2 Å². The summed E-state index contributed by atoms with van der Waals surface area (Å²) >= 11 is 0. The first-order valence-corrected chi connectivity index (χ1v) is 9.80. The van der Waals surface area contributed by atoms with Crippen molar-refractivity contribution < 1.29 is 9.53 Å². The summed E-state index contributed by atoms with van der Waals surface area (Å²) in [6.45, 7) is 0. The van der Waals surface area contributed by atoms with Crippen LogP contribution in [0.5, 0.6) is 0 Å². The van der Waals surface area contributed by atoms with Gasteiger partial charge in [-0.05, 0) is 37.5 Å². The molecule has 1 saturated heterocycles. The summed E-state index contributed by atoms with van der Waals surface area (Å²) in [6, 6.07) is 0. The van der Waals surface area contributed by atoms with E-state index in [9.17, 15) is 4.79 Å². The number of carbonyl (C=O) groups is 1. The zero-order valence-corrected chi connectivity index (χ0v) is 16.2. The maximum absolute atomic E-state index is 11.0. The van der Waals surface area contributed by atoms with Crippen LogP contribution in [0.15, 0.2) is 0 Å². The lowest BCUT2D eigenvalue weighted by molar-refractivity contribution is -0.117. The lowest BCUT2D eigenvalue weighted by atomic mass is 9.87. The van der Waals surface area contributed by atoms with E-state index in [1.54, 1.807) is 7.05 Å². The van der Waals surface area contributed by atoms with Gasteiger partial charge in [0.05, 0.1) is 0 Å². The first kappa shape index (κ1) is 19.4. The number of aromatic nitrogens is 2. The minimum absolute atomic E-state index is 0.218. The van der Waals surface area contributed by atoms with Crippen LogP contribution in [0.3, 0.4) is 0 Å². The molecule has 0 bridgehead atoms. The maximum Gasteiger partial charge on any atom is 0.208 e. The molecular weight excluding hydrogens is 342 g/mol. The van der Waals surface area contributed by atoms with Crippen molar-refractivity contribution >= 4 is 23.6 Å². The van der Waals surface area contributed by atoms with Crippen molar-refractivity contribution in [2.75, 3.05) is 30.0 Å². The van der Waals surface area contributed by atoms with Crippen LogP contribution < -0.4 is 16.0 Å². The largest absolute Gasteiger partial charge is 0.382 e. The van der Waals surface area contributed by atoms with E-state index in [2.05, 4.69) is 27.1 Å². The van der Waals surface area contributed by atoms with Gasteiger partial charge >= 0.3 is 0 Å². The highest BCUT2D eigenvalue weighted by Crippen LogP contribution is 2.32. The molecule has 2 unspecified atom stereocenters. The average Bonchev–Trinajstić information content (AvgIpc) is 3.17. The zero-order chi connectivity index (χ0) is 19.2. The lowest BCUT2D eigenvalue weighted by Crippen LogP contribution is -2.33. The molecule has 7 heteroatoms. The smallest absolute Gasteiger partial charge is 0.208 e. The van der Waals surface area contributed by atoms with Gasteiger partial charge in [0.1, 0.15) is 24.3 Å². The molecule has 3 rings (SSSR count). The molecule has 2 atom stereocenters. The molecule has 27 heavy (non-hydrogen) atoms. The van der Waals surface area contributed by atoms with Crippen LogP contribution in [0.2, 0.25) is 0 Å². The van der Waals surface area contributed by atoms with E-state index >= 15 is 0 Å². The number of nitrogens with one attached hydrogen (secondary N) is 1. The van der Waals surface area contributed by atoms with Crippen molar-refractivity contribution in [3.05, 3.63) is 5.82 Å². The van der Waals surface area contributed by atoms with Crippen LogP contribution in [0.4, 0.5) is 17.3 Å². The quantitative estimate of drug-likeness (QED) is 0.607. The normalized spacial score (nSPS) is 22.7. The monoisotopic (exact) mass is 371 g/mol. The minimum Gasteiger partial charge on any atom is -0.382 e. The number of rotatable bonds is 5. The van der Waals surface area contributed by atoms with E-state index in [4.69, 9.17) is 10.5 Å². The minimum atomic E-state index is -0.357. The molecule has 0 aromatic carbocycles. The Morgan fingerprint density at radius 2 is 2.04 bits per heavy atom. The Bertz CT molecular complexity index is 721. The number of carbonyl (C=O) groups excluding carboxylic acids is 1. The first-order chi connectivity index (χ1) is 13.1. The molecule has 2 aliphatic rings. The summed E-state index contributed by atoms with van der Waals surface area (Å²) in [5.41, 5.74) is 6.78. The molecule has 2 fully saturated rings. The van der Waals surface area contributed by atoms with E-state index in [-0.39, 0.29) is 12.3 Å². The number of ether oxygens (including phenoxy) is 1. The summed E-state index contributed by atoms with van der Waals surface area (Å²) in [5.74, 6) is 8.45. The lowest BCUT2D eigenvalue weighted by Gasteiger charge is -2.27. The molecular formula is C20H29N5O2. The summed E-state index contributed by atoms with van der Waals surface area (Å²) in [5, 5.41) is 3.06. The molecule has 0 amide bonds. The third kappa shape index (κ3) is 4.69. The Labute approximate surface area is 161 Å². The molecule has 1 saturated carbocycles. The van der Waals surface area contributed by atoms with Gasteiger partial charge < -0.3 is 25.5 Å². The number of hydrogen-bond acceptors (Lipinski definition) is 7. The van der Waals surface area contributed by atoms with Crippen molar-refractivity contribution in [1.82, 2.24) is 9.97 Å². The van der Waals surface area contributed by atoms with Crippen LogP contribution in [0.1, 0.15) is 57.2 Å². The number of hydrogen-bond donors (Lipinski definition) is 2. The van der Waals surface area contributed by atoms with E-state index < -0.39 is 0 Å². The third-order valence-electron chi connectivity index (χ3n) is 5.43. The molecule has 1 aliphatic heterocycles. The van der Waals surface area contributed by atoms with Crippen LogP contribution >= 0.6 is 0 Å². The third-order valence-corrected chi connectivity index (χ3v) is 5.43. The van der Waals surface area contributed by atoms with Crippen molar-refractivity contribution in [2.45, 2.75) is 63.7 Å². The number of nitrogens with two attached hydrogens (primary N) is 1. The fraction of sp³-hybridized carbons (Fsp3) is 0.650. The second kappa shape index (κ2) is 9.05. The number of nitrogen functional groups attached to an aromatic ring is 1.